The number of hydrogen-bond acceptors (Lipinski definition) is 2. The summed E-state index contributed by atoms with van der Waals surface area (Å²) >= 11 is 0. The van der Waals surface area contributed by atoms with Crippen LogP contribution in [0.5, 0.6) is 0 Å². The average molecular weight is 294 g/mol. The summed E-state index contributed by atoms with van der Waals surface area (Å²) in [7, 11) is 0. The van der Waals surface area contributed by atoms with Crippen LogP contribution < -0.4 is 5.32 Å². The number of rotatable bonds is 2. The molecule has 1 amide bonds. The third-order valence-electron chi connectivity index (χ3n) is 3.38. The number of carbonyl (C=O) groups is 1. The number of carbonyl (C=O) groups excluding carboxylic acids is 1. The van der Waals surface area contributed by atoms with Crippen molar-refractivity contribution in [3.05, 3.63) is 41.0 Å². The summed E-state index contributed by atoms with van der Waals surface area (Å²) in [5.41, 5.74) is -0.600. The van der Waals surface area contributed by atoms with E-state index in [1.165, 1.54) is 18.2 Å². The van der Waals surface area contributed by atoms with Crippen LogP contribution in [0.25, 0.3) is 0 Å². The molecule has 0 spiro atoms. The largest absolute Gasteiger partial charge is 0.418 e. The van der Waals surface area contributed by atoms with Gasteiger partial charge >= 0.3 is 6.18 Å². The van der Waals surface area contributed by atoms with Crippen LogP contribution in [0.3, 0.4) is 0 Å². The topological polar surface area (TPSA) is 52.9 Å². The standard InChI is InChI=1S/C15H13F3N2O/c16-15(17,18)12-7-3-4-8-13(12)20-14(21)11(9-19)10-5-1-2-6-10/h3-4,7-8H,1-2,5-6H2,(H,20,21). The van der Waals surface area contributed by atoms with Crippen molar-refractivity contribution in [2.45, 2.75) is 31.9 Å². The van der Waals surface area contributed by atoms with Crippen molar-refractivity contribution in [2.75, 3.05) is 5.32 Å². The van der Waals surface area contributed by atoms with E-state index in [0.717, 1.165) is 24.5 Å². The second-order valence-electron chi connectivity index (χ2n) is 4.79. The number of allylic oxidation sites excluding steroid dienone is 1. The third-order valence-corrected chi connectivity index (χ3v) is 3.38. The number of nitrogens with one attached hydrogen (secondary N) is 1. The van der Waals surface area contributed by atoms with Crippen LogP contribution in [0.15, 0.2) is 35.4 Å². The predicted octanol–water partition coefficient (Wildman–Crippen LogP) is 4.04. The number of nitrogens with zero attached hydrogens (tertiary/aromatic N) is 1. The number of anilines is 1. The van der Waals surface area contributed by atoms with Gasteiger partial charge in [0.15, 0.2) is 0 Å². The highest BCUT2D eigenvalue weighted by Crippen LogP contribution is 2.35. The molecule has 1 aromatic rings. The molecular weight excluding hydrogens is 281 g/mol. The molecule has 0 aliphatic heterocycles. The summed E-state index contributed by atoms with van der Waals surface area (Å²) < 4.78 is 38.6. The molecule has 3 nitrogen and oxygen atoms in total. The summed E-state index contributed by atoms with van der Waals surface area (Å²) in [6, 6.07) is 6.53. The van der Waals surface area contributed by atoms with Gasteiger partial charge in [-0.25, -0.2) is 0 Å². The Hall–Kier alpha value is -2.29. The van der Waals surface area contributed by atoms with E-state index in [1.807, 2.05) is 6.07 Å². The van der Waals surface area contributed by atoms with E-state index in [9.17, 15) is 18.0 Å². The van der Waals surface area contributed by atoms with Gasteiger partial charge in [0.25, 0.3) is 5.91 Å². The van der Waals surface area contributed by atoms with E-state index in [0.29, 0.717) is 12.8 Å². The molecule has 0 radical (unpaired) electrons. The lowest BCUT2D eigenvalue weighted by molar-refractivity contribution is -0.136. The smallest absolute Gasteiger partial charge is 0.321 e. The summed E-state index contributed by atoms with van der Waals surface area (Å²) in [5, 5.41) is 11.3. The molecule has 0 unspecified atom stereocenters. The first kappa shape index (κ1) is 15.1. The van der Waals surface area contributed by atoms with Crippen molar-refractivity contribution in [2.24, 2.45) is 0 Å². The lowest BCUT2D eigenvalue weighted by Gasteiger charge is -2.13. The quantitative estimate of drug-likeness (QED) is 0.661. The molecule has 1 N–H and O–H groups in total. The van der Waals surface area contributed by atoms with Gasteiger partial charge in [-0.3, -0.25) is 4.79 Å². The number of nitriles is 1. The molecule has 0 bridgehead atoms. The number of amides is 1. The Kier molecular flexibility index (Phi) is 4.32. The van der Waals surface area contributed by atoms with Gasteiger partial charge in [0.1, 0.15) is 11.6 Å². The zero-order valence-corrected chi connectivity index (χ0v) is 11.1. The van der Waals surface area contributed by atoms with Gasteiger partial charge in [0.05, 0.1) is 11.3 Å². The van der Waals surface area contributed by atoms with Crippen molar-refractivity contribution in [1.82, 2.24) is 0 Å². The maximum atomic E-state index is 12.9. The van der Waals surface area contributed by atoms with Crippen molar-refractivity contribution in [1.29, 1.82) is 5.26 Å². The van der Waals surface area contributed by atoms with Crippen LogP contribution in [0.2, 0.25) is 0 Å². The minimum atomic E-state index is -4.56. The molecule has 21 heavy (non-hydrogen) atoms. The predicted molar refractivity (Wildman–Crippen MR) is 71.2 cm³/mol. The fraction of sp³-hybridized carbons (Fsp3) is 0.333. The number of halogens is 3. The van der Waals surface area contributed by atoms with Gasteiger partial charge < -0.3 is 5.32 Å². The van der Waals surface area contributed by atoms with Gasteiger partial charge in [-0.1, -0.05) is 12.1 Å². The molecule has 0 saturated heterocycles. The molecule has 1 aliphatic carbocycles. The Labute approximate surface area is 120 Å². The first-order chi connectivity index (χ1) is 9.93. The fourth-order valence-corrected chi connectivity index (χ4v) is 2.37. The van der Waals surface area contributed by atoms with Crippen LogP contribution in [-0.2, 0) is 11.0 Å². The molecule has 1 aromatic carbocycles. The lowest BCUT2D eigenvalue weighted by atomic mass is 10.1. The number of alkyl halides is 3. The third kappa shape index (κ3) is 3.43. The summed E-state index contributed by atoms with van der Waals surface area (Å²) in [5.74, 6) is -0.772. The highest BCUT2D eigenvalue weighted by Gasteiger charge is 2.34. The molecule has 1 fully saturated rings. The SMILES string of the molecule is N#CC(C(=O)Nc1ccccc1C(F)(F)F)=C1CCCC1. The van der Waals surface area contributed by atoms with Gasteiger partial charge in [-0.15, -0.1) is 0 Å². The molecule has 0 atom stereocenters. The van der Waals surface area contributed by atoms with Crippen LogP contribution in [0.1, 0.15) is 31.2 Å². The second kappa shape index (κ2) is 6.00. The monoisotopic (exact) mass is 294 g/mol. The minimum absolute atomic E-state index is 0.0653. The Morgan fingerprint density at radius 2 is 1.81 bits per heavy atom. The van der Waals surface area contributed by atoms with E-state index in [4.69, 9.17) is 5.26 Å². The number of hydrogen-bond donors (Lipinski definition) is 1. The lowest BCUT2D eigenvalue weighted by Crippen LogP contribution is -2.18. The number of para-hydroxylation sites is 1. The van der Waals surface area contributed by atoms with Crippen LogP contribution >= 0.6 is 0 Å². The first-order valence-electron chi connectivity index (χ1n) is 6.53. The molecule has 6 heteroatoms. The van der Waals surface area contributed by atoms with Crippen LogP contribution in [-0.4, -0.2) is 5.91 Å². The van der Waals surface area contributed by atoms with Gasteiger partial charge in [-0.05, 0) is 43.4 Å². The highest BCUT2D eigenvalue weighted by atomic mass is 19.4. The minimum Gasteiger partial charge on any atom is -0.321 e. The molecule has 0 aromatic heterocycles. The fourth-order valence-electron chi connectivity index (χ4n) is 2.37. The molecule has 0 heterocycles. The van der Waals surface area contributed by atoms with E-state index in [-0.39, 0.29) is 11.3 Å². The Morgan fingerprint density at radius 1 is 1.19 bits per heavy atom. The molecular formula is C15H13F3N2O. The summed E-state index contributed by atoms with van der Waals surface area (Å²) in [4.78, 5) is 12.1. The summed E-state index contributed by atoms with van der Waals surface area (Å²) in [6.45, 7) is 0. The highest BCUT2D eigenvalue weighted by molar-refractivity contribution is 6.07. The average Bonchev–Trinajstić information content (AvgIpc) is 2.93. The molecule has 1 saturated carbocycles. The van der Waals surface area contributed by atoms with Crippen molar-refractivity contribution < 1.29 is 18.0 Å². The maximum absolute atomic E-state index is 12.9. The van der Waals surface area contributed by atoms with Gasteiger partial charge in [0, 0.05) is 0 Å². The first-order valence-corrected chi connectivity index (χ1v) is 6.53. The molecule has 110 valence electrons. The second-order valence-corrected chi connectivity index (χ2v) is 4.79. The van der Waals surface area contributed by atoms with E-state index in [1.54, 1.807) is 0 Å². The van der Waals surface area contributed by atoms with Crippen molar-refractivity contribution in [3.8, 4) is 6.07 Å². The van der Waals surface area contributed by atoms with E-state index >= 15 is 0 Å². The Balaban J connectivity index is 2.29. The Bertz CT molecular complexity index is 619. The van der Waals surface area contributed by atoms with E-state index < -0.39 is 17.6 Å². The maximum Gasteiger partial charge on any atom is 0.418 e. The van der Waals surface area contributed by atoms with E-state index in [2.05, 4.69) is 5.32 Å². The van der Waals surface area contributed by atoms with Crippen molar-refractivity contribution in [3.63, 3.8) is 0 Å². The number of benzene rings is 1. The molecule has 1 aliphatic rings. The van der Waals surface area contributed by atoms with Crippen molar-refractivity contribution >= 4 is 11.6 Å². The van der Waals surface area contributed by atoms with Crippen LogP contribution in [0.4, 0.5) is 18.9 Å². The zero-order chi connectivity index (χ0) is 15.5. The zero-order valence-electron chi connectivity index (χ0n) is 11.1. The summed E-state index contributed by atoms with van der Waals surface area (Å²) in [6.07, 6.45) is -1.47. The normalized spacial score (nSPS) is 14.7. The van der Waals surface area contributed by atoms with Crippen LogP contribution in [0, 0.1) is 11.3 Å². The van der Waals surface area contributed by atoms with Gasteiger partial charge in [0.2, 0.25) is 0 Å². The van der Waals surface area contributed by atoms with Gasteiger partial charge in [-0.2, -0.15) is 18.4 Å². The molecule has 2 rings (SSSR count). The Morgan fingerprint density at radius 3 is 2.38 bits per heavy atom.